The summed E-state index contributed by atoms with van der Waals surface area (Å²) in [4.78, 5) is 15.2. The van der Waals surface area contributed by atoms with Crippen LogP contribution in [0, 0.1) is 0 Å². The molecule has 0 bridgehead atoms. The fourth-order valence-corrected chi connectivity index (χ4v) is 0.915. The molecule has 78 valence electrons. The number of carbonyl (C=O) groups is 1. The maximum Gasteiger partial charge on any atom is 0.420 e. The van der Waals surface area contributed by atoms with E-state index in [0.29, 0.717) is 5.69 Å². The van der Waals surface area contributed by atoms with E-state index in [4.69, 9.17) is 9.84 Å². The van der Waals surface area contributed by atoms with Gasteiger partial charge in [-0.15, -0.1) is 0 Å². The Labute approximate surface area is 82.3 Å². The van der Waals surface area contributed by atoms with Crippen LogP contribution in [0.3, 0.4) is 0 Å². The van der Waals surface area contributed by atoms with Gasteiger partial charge in [0.1, 0.15) is 11.9 Å². The molecule has 1 rings (SSSR count). The maximum atomic E-state index is 11.5. The Bertz CT molecular complexity index is 325. The van der Waals surface area contributed by atoms with Gasteiger partial charge < -0.3 is 9.84 Å². The summed E-state index contributed by atoms with van der Waals surface area (Å²) in [6.45, 7) is 5.10. The zero-order valence-corrected chi connectivity index (χ0v) is 8.52. The number of nitrogens with zero attached hydrogens (tertiary/aromatic N) is 2. The van der Waals surface area contributed by atoms with Crippen molar-refractivity contribution in [3.63, 3.8) is 0 Å². The Kier molecular flexibility index (Phi) is 2.90. The second-order valence-corrected chi connectivity index (χ2v) is 3.89. The first kappa shape index (κ1) is 10.7. The van der Waals surface area contributed by atoms with Crippen LogP contribution in [0.5, 0.6) is 0 Å². The van der Waals surface area contributed by atoms with Gasteiger partial charge in [-0.1, -0.05) is 0 Å². The highest BCUT2D eigenvalue weighted by Gasteiger charge is 2.19. The van der Waals surface area contributed by atoms with Gasteiger partial charge in [0.2, 0.25) is 0 Å². The number of hydrogen-bond acceptors (Lipinski definition) is 4. The number of ether oxygens (including phenoxy) is 1. The van der Waals surface area contributed by atoms with Gasteiger partial charge in [0, 0.05) is 0 Å². The van der Waals surface area contributed by atoms with Crippen LogP contribution in [0.15, 0.2) is 12.5 Å². The molecule has 0 aromatic carbocycles. The largest absolute Gasteiger partial charge is 0.443 e. The molecule has 1 heterocycles. The molecule has 14 heavy (non-hydrogen) atoms. The standard InChI is InChI=1S/C9H14N2O3/c1-9(2,3)14-8(13)11-6-10-4-7(11)5-12/h4,6,12H,5H2,1-3H3. The lowest BCUT2D eigenvalue weighted by molar-refractivity contribution is 0.0525. The number of aromatic nitrogens is 2. The highest BCUT2D eigenvalue weighted by molar-refractivity contribution is 5.71. The van der Waals surface area contributed by atoms with Gasteiger partial charge in [0.25, 0.3) is 0 Å². The number of aliphatic hydroxyl groups is 1. The first-order valence-electron chi connectivity index (χ1n) is 4.29. The van der Waals surface area contributed by atoms with Crippen molar-refractivity contribution in [3.8, 4) is 0 Å². The molecule has 0 saturated heterocycles. The van der Waals surface area contributed by atoms with Crippen molar-refractivity contribution in [1.82, 2.24) is 9.55 Å². The van der Waals surface area contributed by atoms with Crippen LogP contribution in [0.4, 0.5) is 4.79 Å². The lowest BCUT2D eigenvalue weighted by atomic mass is 10.2. The molecule has 0 aliphatic carbocycles. The smallest absolute Gasteiger partial charge is 0.420 e. The van der Waals surface area contributed by atoms with Crippen LogP contribution in [0.25, 0.3) is 0 Å². The van der Waals surface area contributed by atoms with Crippen LogP contribution in [0.2, 0.25) is 0 Å². The molecule has 0 spiro atoms. The van der Waals surface area contributed by atoms with E-state index in [0.717, 1.165) is 0 Å². The molecule has 0 aliphatic rings. The molecule has 0 aliphatic heterocycles. The van der Waals surface area contributed by atoms with Gasteiger partial charge in [-0.25, -0.2) is 14.3 Å². The van der Waals surface area contributed by atoms with E-state index in [1.54, 1.807) is 20.8 Å². The molecule has 0 unspecified atom stereocenters. The minimum atomic E-state index is -0.548. The highest BCUT2D eigenvalue weighted by Crippen LogP contribution is 2.10. The van der Waals surface area contributed by atoms with Crippen molar-refractivity contribution < 1.29 is 14.6 Å². The fourth-order valence-electron chi connectivity index (χ4n) is 0.915. The third-order valence-electron chi connectivity index (χ3n) is 1.47. The van der Waals surface area contributed by atoms with Crippen molar-refractivity contribution in [2.75, 3.05) is 0 Å². The van der Waals surface area contributed by atoms with Gasteiger partial charge in [-0.3, -0.25) is 0 Å². The molecular weight excluding hydrogens is 184 g/mol. The minimum absolute atomic E-state index is 0.237. The molecule has 1 N–H and O–H groups in total. The van der Waals surface area contributed by atoms with E-state index in [1.807, 2.05) is 0 Å². The van der Waals surface area contributed by atoms with Crippen molar-refractivity contribution in [3.05, 3.63) is 18.2 Å². The lowest BCUT2D eigenvalue weighted by Gasteiger charge is -2.19. The van der Waals surface area contributed by atoms with Crippen molar-refractivity contribution in [1.29, 1.82) is 0 Å². The number of hydrogen-bond donors (Lipinski definition) is 1. The Morgan fingerprint density at radius 3 is 2.79 bits per heavy atom. The number of imidazole rings is 1. The summed E-state index contributed by atoms with van der Waals surface area (Å²) in [5, 5.41) is 8.89. The SMILES string of the molecule is CC(C)(C)OC(=O)n1cncc1CO. The summed E-state index contributed by atoms with van der Waals surface area (Å²) in [7, 11) is 0. The van der Waals surface area contributed by atoms with E-state index >= 15 is 0 Å². The molecule has 0 amide bonds. The topological polar surface area (TPSA) is 64.4 Å². The average molecular weight is 198 g/mol. The minimum Gasteiger partial charge on any atom is -0.443 e. The Balaban J connectivity index is 2.80. The molecule has 1 aromatic heterocycles. The van der Waals surface area contributed by atoms with Crippen molar-refractivity contribution in [2.45, 2.75) is 33.0 Å². The molecule has 5 heteroatoms. The molecule has 0 atom stereocenters. The second kappa shape index (κ2) is 3.79. The van der Waals surface area contributed by atoms with Crippen molar-refractivity contribution >= 4 is 6.09 Å². The van der Waals surface area contributed by atoms with Crippen LogP contribution in [-0.4, -0.2) is 26.4 Å². The van der Waals surface area contributed by atoms with Crippen LogP contribution in [-0.2, 0) is 11.3 Å². The monoisotopic (exact) mass is 198 g/mol. The van der Waals surface area contributed by atoms with E-state index in [-0.39, 0.29) is 6.61 Å². The summed E-state index contributed by atoms with van der Waals surface area (Å²) < 4.78 is 6.28. The first-order chi connectivity index (χ1) is 6.44. The predicted molar refractivity (Wildman–Crippen MR) is 49.8 cm³/mol. The van der Waals surface area contributed by atoms with Crippen molar-refractivity contribution in [2.24, 2.45) is 0 Å². The molecule has 0 fully saturated rings. The Morgan fingerprint density at radius 2 is 2.29 bits per heavy atom. The number of rotatable bonds is 1. The third-order valence-corrected chi connectivity index (χ3v) is 1.47. The maximum absolute atomic E-state index is 11.5. The van der Waals surface area contributed by atoms with E-state index in [2.05, 4.69) is 4.98 Å². The molecule has 1 aromatic rings. The summed E-state index contributed by atoms with van der Waals surface area (Å²) in [6.07, 6.45) is 2.21. The van der Waals surface area contributed by atoms with Crippen LogP contribution < -0.4 is 0 Å². The van der Waals surface area contributed by atoms with Gasteiger partial charge in [0.15, 0.2) is 0 Å². The zero-order chi connectivity index (χ0) is 10.8. The number of carbonyl (C=O) groups excluding carboxylic acids is 1. The average Bonchev–Trinajstić information content (AvgIpc) is 2.47. The quantitative estimate of drug-likeness (QED) is 0.735. The van der Waals surface area contributed by atoms with Gasteiger partial charge in [-0.2, -0.15) is 0 Å². The molecular formula is C9H14N2O3. The Morgan fingerprint density at radius 1 is 1.64 bits per heavy atom. The van der Waals surface area contributed by atoms with E-state index in [9.17, 15) is 4.79 Å². The summed E-state index contributed by atoms with van der Waals surface area (Å²) in [6, 6.07) is 0. The summed E-state index contributed by atoms with van der Waals surface area (Å²) in [5.74, 6) is 0. The molecule has 0 saturated carbocycles. The summed E-state index contributed by atoms with van der Waals surface area (Å²) >= 11 is 0. The third kappa shape index (κ3) is 2.56. The van der Waals surface area contributed by atoms with E-state index in [1.165, 1.54) is 17.1 Å². The second-order valence-electron chi connectivity index (χ2n) is 3.89. The Hall–Kier alpha value is -1.36. The molecule has 0 radical (unpaired) electrons. The van der Waals surface area contributed by atoms with Gasteiger partial charge >= 0.3 is 6.09 Å². The molecule has 5 nitrogen and oxygen atoms in total. The first-order valence-corrected chi connectivity index (χ1v) is 4.29. The lowest BCUT2D eigenvalue weighted by Crippen LogP contribution is -2.27. The van der Waals surface area contributed by atoms with Crippen LogP contribution in [0.1, 0.15) is 26.5 Å². The normalized spacial score (nSPS) is 11.4. The van der Waals surface area contributed by atoms with E-state index < -0.39 is 11.7 Å². The highest BCUT2D eigenvalue weighted by atomic mass is 16.6. The van der Waals surface area contributed by atoms with Crippen LogP contribution >= 0.6 is 0 Å². The number of aliphatic hydroxyl groups excluding tert-OH is 1. The summed E-state index contributed by atoms with van der Waals surface area (Å²) in [5.41, 5.74) is -0.132. The predicted octanol–water partition coefficient (Wildman–Crippen LogP) is 1.16. The van der Waals surface area contributed by atoms with Gasteiger partial charge in [0.05, 0.1) is 18.5 Å². The van der Waals surface area contributed by atoms with Gasteiger partial charge in [-0.05, 0) is 20.8 Å². The fraction of sp³-hybridized carbons (Fsp3) is 0.556. The zero-order valence-electron chi connectivity index (χ0n) is 8.52.